The highest BCUT2D eigenvalue weighted by Crippen LogP contribution is 2.04. The molecular formula is C11H22N2. The molecule has 0 amide bonds. The third-order valence-electron chi connectivity index (χ3n) is 2.75. The van der Waals surface area contributed by atoms with Gasteiger partial charge >= 0.3 is 0 Å². The Hall–Kier alpha value is -0.550. The lowest BCUT2D eigenvalue weighted by atomic mass is 10.0. The number of nitrogens with one attached hydrogen (secondary N) is 1. The molecule has 0 aromatic carbocycles. The fraction of sp³-hybridized carbons (Fsp3) is 0.909. The third kappa shape index (κ3) is 5.65. The van der Waals surface area contributed by atoms with Crippen LogP contribution in [0, 0.1) is 17.8 Å². The maximum atomic E-state index is 6.25. The van der Waals surface area contributed by atoms with Crippen LogP contribution in [0.3, 0.4) is 0 Å². The van der Waals surface area contributed by atoms with Crippen LogP contribution >= 0.6 is 0 Å². The minimum absolute atomic E-state index is 0.982. The quantitative estimate of drug-likeness (QED) is 0.653. The normalized spacial score (nSPS) is 27.4. The van der Waals surface area contributed by atoms with Crippen molar-refractivity contribution in [1.82, 2.24) is 0 Å². The zero-order valence-electron chi connectivity index (χ0n) is 8.97. The molecule has 1 saturated heterocycles. The van der Waals surface area contributed by atoms with E-state index >= 15 is 0 Å². The first-order valence-corrected chi connectivity index (χ1v) is 5.39. The smallest absolute Gasteiger partial charge is 0.0796 e. The zero-order chi connectivity index (χ0) is 10.1. The Balaban J connectivity index is 0.000000671. The van der Waals surface area contributed by atoms with Crippen molar-refractivity contribution in [3.63, 3.8) is 0 Å². The molecule has 0 spiro atoms. The molecule has 0 aromatic heterocycles. The van der Waals surface area contributed by atoms with E-state index in [0.717, 1.165) is 5.92 Å². The number of nitrogens with zero attached hydrogens (tertiary/aromatic N) is 1. The highest BCUT2D eigenvalue weighted by molar-refractivity contribution is 4.55. The fourth-order valence-electron chi connectivity index (χ4n) is 2.05. The van der Waals surface area contributed by atoms with Gasteiger partial charge in [-0.25, -0.2) is 0 Å². The monoisotopic (exact) mass is 182 g/mol. The average Bonchev–Trinajstić information content (AvgIpc) is 2.18. The molecule has 1 rings (SSSR count). The van der Waals surface area contributed by atoms with Crippen molar-refractivity contribution < 1.29 is 4.90 Å². The van der Waals surface area contributed by atoms with E-state index in [-0.39, 0.29) is 0 Å². The van der Waals surface area contributed by atoms with Crippen LogP contribution in [0.5, 0.6) is 0 Å². The van der Waals surface area contributed by atoms with Gasteiger partial charge in [-0.05, 0) is 19.3 Å². The molecule has 0 bridgehead atoms. The van der Waals surface area contributed by atoms with Gasteiger partial charge in [-0.15, -0.1) is 0 Å². The van der Waals surface area contributed by atoms with Crippen molar-refractivity contribution in [1.29, 1.82) is 5.26 Å². The Morgan fingerprint density at radius 1 is 1.46 bits per heavy atom. The van der Waals surface area contributed by atoms with Crippen molar-refractivity contribution in [2.75, 3.05) is 19.6 Å². The van der Waals surface area contributed by atoms with Gasteiger partial charge in [-0.1, -0.05) is 20.3 Å². The number of unbranched alkanes of at least 4 members (excludes halogenated alkanes) is 1. The summed E-state index contributed by atoms with van der Waals surface area (Å²) < 4.78 is 0. The number of quaternary nitrogens is 1. The van der Waals surface area contributed by atoms with Crippen LogP contribution in [0.25, 0.3) is 0 Å². The van der Waals surface area contributed by atoms with E-state index in [1.165, 1.54) is 45.3 Å². The summed E-state index contributed by atoms with van der Waals surface area (Å²) in [5.74, 6) is 0.982. The Morgan fingerprint density at radius 2 is 2.15 bits per heavy atom. The maximum Gasteiger partial charge on any atom is 0.0796 e. The van der Waals surface area contributed by atoms with E-state index in [4.69, 9.17) is 11.8 Å². The summed E-state index contributed by atoms with van der Waals surface area (Å²) in [6.07, 6.45) is 5.70. The van der Waals surface area contributed by atoms with E-state index in [2.05, 4.69) is 13.8 Å². The topological polar surface area (TPSA) is 28.2 Å². The summed E-state index contributed by atoms with van der Waals surface area (Å²) in [6.45, 7) is 13.7. The predicted octanol–water partition coefficient (Wildman–Crippen LogP) is 1.20. The second kappa shape index (κ2) is 8.07. The summed E-state index contributed by atoms with van der Waals surface area (Å²) in [7, 11) is 0. The first kappa shape index (κ1) is 12.4. The third-order valence-corrected chi connectivity index (χ3v) is 2.75. The van der Waals surface area contributed by atoms with Gasteiger partial charge in [-0.2, -0.15) is 0 Å². The van der Waals surface area contributed by atoms with E-state index in [0.29, 0.717) is 0 Å². The molecule has 2 atom stereocenters. The maximum absolute atomic E-state index is 6.25. The lowest BCUT2D eigenvalue weighted by Crippen LogP contribution is -3.13. The van der Waals surface area contributed by atoms with Gasteiger partial charge < -0.3 is 16.7 Å². The van der Waals surface area contributed by atoms with Crippen LogP contribution in [0.15, 0.2) is 0 Å². The number of likely N-dealkylation sites (tertiary alicyclic amines) is 1. The lowest BCUT2D eigenvalue weighted by Gasteiger charge is -2.27. The molecule has 1 aliphatic rings. The molecule has 2 heteroatoms. The zero-order valence-corrected chi connectivity index (χ0v) is 8.97. The highest BCUT2D eigenvalue weighted by atomic mass is 15.1. The van der Waals surface area contributed by atoms with Gasteiger partial charge in [-0.3, -0.25) is 0 Å². The average molecular weight is 182 g/mol. The van der Waals surface area contributed by atoms with Gasteiger partial charge in [0.25, 0.3) is 0 Å². The van der Waals surface area contributed by atoms with Gasteiger partial charge in [0, 0.05) is 5.92 Å². The first-order valence-electron chi connectivity index (χ1n) is 5.39. The SMILES string of the molecule is CCCC[NH+]1CCCC(C)C1.[C-]#N. The van der Waals surface area contributed by atoms with Crippen molar-refractivity contribution in [2.45, 2.75) is 39.5 Å². The Morgan fingerprint density at radius 3 is 2.69 bits per heavy atom. The molecule has 0 aliphatic carbocycles. The number of hydrogen-bond donors (Lipinski definition) is 1. The van der Waals surface area contributed by atoms with Crippen LogP contribution < -0.4 is 4.90 Å². The highest BCUT2D eigenvalue weighted by Gasteiger charge is 2.18. The molecule has 2 unspecified atom stereocenters. The lowest BCUT2D eigenvalue weighted by molar-refractivity contribution is -0.908. The minimum Gasteiger partial charge on any atom is -0.512 e. The van der Waals surface area contributed by atoms with Crippen LogP contribution in [0.1, 0.15) is 39.5 Å². The van der Waals surface area contributed by atoms with Gasteiger partial charge in [0.15, 0.2) is 0 Å². The summed E-state index contributed by atoms with van der Waals surface area (Å²) in [4.78, 5) is 1.85. The van der Waals surface area contributed by atoms with E-state index in [9.17, 15) is 0 Å². The van der Waals surface area contributed by atoms with Crippen LogP contribution in [0.4, 0.5) is 0 Å². The first-order chi connectivity index (χ1) is 6.33. The standard InChI is InChI=1S/C10H21N.CN/c1-3-4-7-11-8-5-6-10(2)9-11;1-2/h10H,3-9H2,1-2H3;/q;-1/p+1. The van der Waals surface area contributed by atoms with E-state index < -0.39 is 0 Å². The van der Waals surface area contributed by atoms with Crippen LogP contribution in [-0.4, -0.2) is 19.6 Å². The van der Waals surface area contributed by atoms with Gasteiger partial charge in [0.1, 0.15) is 0 Å². The van der Waals surface area contributed by atoms with Crippen LogP contribution in [-0.2, 0) is 0 Å². The van der Waals surface area contributed by atoms with Crippen molar-refractivity contribution in [3.8, 4) is 0 Å². The predicted molar refractivity (Wildman–Crippen MR) is 53.8 cm³/mol. The Labute approximate surface area is 82.5 Å². The number of hydrogen-bond acceptors (Lipinski definition) is 1. The molecule has 0 saturated carbocycles. The van der Waals surface area contributed by atoms with E-state index in [1.807, 2.05) is 4.90 Å². The molecule has 0 aromatic rings. The molecule has 2 nitrogen and oxygen atoms in total. The van der Waals surface area contributed by atoms with Crippen molar-refractivity contribution in [2.24, 2.45) is 5.92 Å². The largest absolute Gasteiger partial charge is 0.512 e. The molecule has 1 heterocycles. The minimum atomic E-state index is 0.982. The molecule has 0 radical (unpaired) electrons. The van der Waals surface area contributed by atoms with Crippen molar-refractivity contribution >= 4 is 0 Å². The van der Waals surface area contributed by atoms with Gasteiger partial charge in [0.2, 0.25) is 0 Å². The second-order valence-electron chi connectivity index (χ2n) is 4.06. The molecule has 1 N–H and O–H groups in total. The molecule has 76 valence electrons. The molecule has 13 heavy (non-hydrogen) atoms. The summed E-state index contributed by atoms with van der Waals surface area (Å²) in [6, 6.07) is 0. The summed E-state index contributed by atoms with van der Waals surface area (Å²) in [5.41, 5.74) is 0. The molecule has 1 fully saturated rings. The fourth-order valence-corrected chi connectivity index (χ4v) is 2.05. The Kier molecular flexibility index (Phi) is 7.73. The molecular weight excluding hydrogens is 160 g/mol. The number of piperidine rings is 1. The van der Waals surface area contributed by atoms with Gasteiger partial charge in [0.05, 0.1) is 19.6 Å². The Bertz CT molecular complexity index is 131. The van der Waals surface area contributed by atoms with Crippen LogP contribution in [0.2, 0.25) is 0 Å². The summed E-state index contributed by atoms with van der Waals surface area (Å²) >= 11 is 0. The molecule has 1 aliphatic heterocycles. The summed E-state index contributed by atoms with van der Waals surface area (Å²) in [5, 5.41) is 6.25. The van der Waals surface area contributed by atoms with Crippen molar-refractivity contribution in [3.05, 3.63) is 6.57 Å². The van der Waals surface area contributed by atoms with E-state index in [1.54, 1.807) is 0 Å². The number of rotatable bonds is 3. The second-order valence-corrected chi connectivity index (χ2v) is 4.06.